The van der Waals surface area contributed by atoms with Gasteiger partial charge in [-0.15, -0.1) is 0 Å². The van der Waals surface area contributed by atoms with E-state index in [0.717, 1.165) is 36.9 Å². The fourth-order valence-electron chi connectivity index (χ4n) is 2.57. The Morgan fingerprint density at radius 1 is 1.42 bits per heavy atom. The van der Waals surface area contributed by atoms with Crippen LogP contribution in [-0.4, -0.2) is 10.9 Å². The molecule has 1 saturated carbocycles. The first-order chi connectivity index (χ1) is 8.95. The Bertz CT molecular complexity index is 524. The molecule has 1 aromatic rings. The number of anilines is 1. The normalized spacial score (nSPS) is 17.2. The third kappa shape index (κ3) is 2.74. The number of hydrogen-bond donors (Lipinski definition) is 2. The summed E-state index contributed by atoms with van der Waals surface area (Å²) < 4.78 is 0. The lowest BCUT2D eigenvalue weighted by atomic mass is 9.85. The minimum atomic E-state index is -0.679. The van der Waals surface area contributed by atoms with Crippen LogP contribution in [0.2, 0.25) is 5.02 Å². The number of rotatable bonds is 3. The first-order valence-electron chi connectivity index (χ1n) is 6.33. The van der Waals surface area contributed by atoms with E-state index in [1.54, 1.807) is 12.1 Å². The summed E-state index contributed by atoms with van der Waals surface area (Å²) in [6.45, 7) is 1.91. The van der Waals surface area contributed by atoms with Gasteiger partial charge in [0.15, 0.2) is 0 Å². The third-order valence-corrected chi connectivity index (χ3v) is 4.43. The van der Waals surface area contributed by atoms with Crippen molar-refractivity contribution in [3.63, 3.8) is 0 Å². The van der Waals surface area contributed by atoms with Crippen LogP contribution in [0.25, 0.3) is 0 Å². The van der Waals surface area contributed by atoms with E-state index in [1.807, 2.05) is 13.0 Å². The van der Waals surface area contributed by atoms with E-state index in [9.17, 15) is 4.79 Å². The molecule has 1 aromatic carbocycles. The van der Waals surface area contributed by atoms with Crippen molar-refractivity contribution in [3.05, 3.63) is 28.8 Å². The maximum absolute atomic E-state index is 12.5. The molecule has 1 aliphatic carbocycles. The van der Waals surface area contributed by atoms with Crippen LogP contribution < -0.4 is 11.1 Å². The average Bonchev–Trinajstić information content (AvgIpc) is 2.83. The summed E-state index contributed by atoms with van der Waals surface area (Å²) in [7, 11) is 0. The number of carbonyl (C=O) groups is 1. The number of carbonyl (C=O) groups excluding carboxylic acids is 1. The van der Waals surface area contributed by atoms with Crippen molar-refractivity contribution in [1.82, 2.24) is 0 Å². The molecule has 0 aliphatic heterocycles. The van der Waals surface area contributed by atoms with Gasteiger partial charge in [-0.05, 0) is 43.5 Å². The summed E-state index contributed by atoms with van der Waals surface area (Å²) in [6.07, 6.45) is 3.45. The van der Waals surface area contributed by atoms with Crippen LogP contribution in [-0.2, 0) is 4.79 Å². The second-order valence-corrected chi connectivity index (χ2v) is 5.94. The predicted molar refractivity (Wildman–Crippen MR) is 82.5 cm³/mol. The number of thiocarbonyl (C=S) groups is 1. The van der Waals surface area contributed by atoms with Crippen LogP contribution in [0.1, 0.15) is 31.2 Å². The first kappa shape index (κ1) is 14.3. The molecule has 0 spiro atoms. The zero-order valence-electron chi connectivity index (χ0n) is 10.8. The van der Waals surface area contributed by atoms with E-state index < -0.39 is 5.41 Å². The number of aryl methyl sites for hydroxylation is 1. The minimum absolute atomic E-state index is 0.0945. The molecule has 19 heavy (non-hydrogen) atoms. The van der Waals surface area contributed by atoms with Gasteiger partial charge in [-0.2, -0.15) is 0 Å². The molecule has 0 saturated heterocycles. The Hall–Kier alpha value is -1.13. The molecule has 3 nitrogen and oxygen atoms in total. The Balaban J connectivity index is 2.22. The van der Waals surface area contributed by atoms with E-state index in [4.69, 9.17) is 29.6 Å². The smallest absolute Gasteiger partial charge is 0.237 e. The van der Waals surface area contributed by atoms with Gasteiger partial charge in [-0.3, -0.25) is 4.79 Å². The van der Waals surface area contributed by atoms with Gasteiger partial charge in [0.25, 0.3) is 0 Å². The summed E-state index contributed by atoms with van der Waals surface area (Å²) in [4.78, 5) is 12.8. The fraction of sp³-hybridized carbons (Fsp3) is 0.429. The SMILES string of the molecule is Cc1cc(Cl)ccc1NC(=O)C1(C(N)=S)CCCC1. The van der Waals surface area contributed by atoms with E-state index in [0.29, 0.717) is 10.0 Å². The highest BCUT2D eigenvalue weighted by molar-refractivity contribution is 7.80. The van der Waals surface area contributed by atoms with E-state index in [2.05, 4.69) is 5.32 Å². The molecule has 0 unspecified atom stereocenters. The lowest BCUT2D eigenvalue weighted by Crippen LogP contribution is -2.44. The topological polar surface area (TPSA) is 55.1 Å². The van der Waals surface area contributed by atoms with Gasteiger partial charge in [-0.1, -0.05) is 36.7 Å². The van der Waals surface area contributed by atoms with E-state index >= 15 is 0 Å². The Labute approximate surface area is 123 Å². The van der Waals surface area contributed by atoms with Gasteiger partial charge in [0.05, 0.1) is 10.4 Å². The van der Waals surface area contributed by atoms with Crippen LogP contribution in [0.4, 0.5) is 5.69 Å². The molecule has 1 fully saturated rings. The second kappa shape index (κ2) is 5.47. The van der Waals surface area contributed by atoms with Crippen molar-refractivity contribution >= 4 is 40.4 Å². The number of nitrogens with two attached hydrogens (primary N) is 1. The van der Waals surface area contributed by atoms with Crippen molar-refractivity contribution in [2.45, 2.75) is 32.6 Å². The van der Waals surface area contributed by atoms with Crippen molar-refractivity contribution in [2.75, 3.05) is 5.32 Å². The molecular weight excluding hydrogens is 280 g/mol. The number of benzene rings is 1. The molecule has 102 valence electrons. The zero-order valence-corrected chi connectivity index (χ0v) is 12.4. The second-order valence-electron chi connectivity index (χ2n) is 5.07. The zero-order chi connectivity index (χ0) is 14.0. The van der Waals surface area contributed by atoms with Crippen LogP contribution in [0.3, 0.4) is 0 Å². The molecule has 0 bridgehead atoms. The van der Waals surface area contributed by atoms with E-state index in [-0.39, 0.29) is 5.91 Å². The molecule has 3 N–H and O–H groups in total. The summed E-state index contributed by atoms with van der Waals surface area (Å²) in [6, 6.07) is 5.38. The van der Waals surface area contributed by atoms with Gasteiger partial charge in [0, 0.05) is 10.7 Å². The summed E-state index contributed by atoms with van der Waals surface area (Å²) in [5.41, 5.74) is 6.81. The number of amides is 1. The highest BCUT2D eigenvalue weighted by Gasteiger charge is 2.44. The quantitative estimate of drug-likeness (QED) is 0.840. The van der Waals surface area contributed by atoms with Crippen molar-refractivity contribution < 1.29 is 4.79 Å². The van der Waals surface area contributed by atoms with Crippen LogP contribution in [0, 0.1) is 12.3 Å². The van der Waals surface area contributed by atoms with Crippen molar-refractivity contribution in [3.8, 4) is 0 Å². The highest BCUT2D eigenvalue weighted by atomic mass is 35.5. The molecule has 1 amide bonds. The van der Waals surface area contributed by atoms with Crippen molar-refractivity contribution in [2.24, 2.45) is 11.1 Å². The molecular formula is C14H17ClN2OS. The maximum atomic E-state index is 12.5. The third-order valence-electron chi connectivity index (χ3n) is 3.80. The monoisotopic (exact) mass is 296 g/mol. The Morgan fingerprint density at radius 3 is 2.58 bits per heavy atom. The van der Waals surface area contributed by atoms with Crippen LogP contribution in [0.5, 0.6) is 0 Å². The molecule has 2 rings (SSSR count). The van der Waals surface area contributed by atoms with Gasteiger partial charge in [0.2, 0.25) is 5.91 Å². The largest absolute Gasteiger partial charge is 0.392 e. The van der Waals surface area contributed by atoms with E-state index in [1.165, 1.54) is 0 Å². The lowest BCUT2D eigenvalue weighted by Gasteiger charge is -2.26. The summed E-state index contributed by atoms with van der Waals surface area (Å²) >= 11 is 11.0. The summed E-state index contributed by atoms with van der Waals surface area (Å²) in [5.74, 6) is -0.0945. The maximum Gasteiger partial charge on any atom is 0.237 e. The number of nitrogens with one attached hydrogen (secondary N) is 1. The molecule has 0 aromatic heterocycles. The van der Waals surface area contributed by atoms with Crippen LogP contribution >= 0.6 is 23.8 Å². The minimum Gasteiger partial charge on any atom is -0.392 e. The molecule has 0 atom stereocenters. The van der Waals surface area contributed by atoms with Gasteiger partial charge >= 0.3 is 0 Å². The highest BCUT2D eigenvalue weighted by Crippen LogP contribution is 2.39. The fourth-order valence-corrected chi connectivity index (χ4v) is 3.10. The molecule has 0 heterocycles. The molecule has 1 aliphatic rings. The summed E-state index contributed by atoms with van der Waals surface area (Å²) in [5, 5.41) is 3.59. The number of hydrogen-bond acceptors (Lipinski definition) is 2. The molecule has 5 heteroatoms. The molecule has 0 radical (unpaired) electrons. The lowest BCUT2D eigenvalue weighted by molar-refractivity contribution is -0.122. The van der Waals surface area contributed by atoms with Crippen molar-refractivity contribution in [1.29, 1.82) is 0 Å². The van der Waals surface area contributed by atoms with Gasteiger partial charge in [0.1, 0.15) is 0 Å². The van der Waals surface area contributed by atoms with Gasteiger partial charge in [-0.25, -0.2) is 0 Å². The average molecular weight is 297 g/mol. The van der Waals surface area contributed by atoms with Crippen LogP contribution in [0.15, 0.2) is 18.2 Å². The Kier molecular flexibility index (Phi) is 4.11. The predicted octanol–water partition coefficient (Wildman–Crippen LogP) is 3.43. The Morgan fingerprint density at radius 2 is 2.05 bits per heavy atom. The number of halogens is 1. The first-order valence-corrected chi connectivity index (χ1v) is 7.12. The van der Waals surface area contributed by atoms with Gasteiger partial charge < -0.3 is 11.1 Å². The standard InChI is InChI=1S/C14H17ClN2OS/c1-9-8-10(15)4-5-11(9)17-13(18)14(12(16)19)6-2-3-7-14/h4-5,8H,2-3,6-7H2,1H3,(H2,16,19)(H,17,18).